The lowest BCUT2D eigenvalue weighted by Crippen LogP contribution is -2.07. The number of hydrogen-bond acceptors (Lipinski definition) is 6. The average molecular weight is 436 g/mol. The molecule has 0 saturated heterocycles. The Morgan fingerprint density at radius 3 is 2.79 bits per heavy atom. The number of fused-ring (bicyclic) bond motifs is 2. The molecule has 8 heteroatoms. The molecule has 0 atom stereocenters. The Bertz CT molecular complexity index is 1510. The molecule has 0 spiro atoms. The lowest BCUT2D eigenvalue weighted by atomic mass is 10.1. The van der Waals surface area contributed by atoms with Gasteiger partial charge in [0.1, 0.15) is 29.3 Å². The molecule has 0 saturated carbocycles. The van der Waals surface area contributed by atoms with E-state index in [-0.39, 0.29) is 5.91 Å². The lowest BCUT2D eigenvalue weighted by Gasteiger charge is -2.13. The van der Waals surface area contributed by atoms with Gasteiger partial charge < -0.3 is 19.8 Å². The van der Waals surface area contributed by atoms with Gasteiger partial charge in [0, 0.05) is 29.2 Å². The zero-order valence-corrected chi connectivity index (χ0v) is 17.8. The molecule has 2 aromatic carbocycles. The summed E-state index contributed by atoms with van der Waals surface area (Å²) in [6, 6.07) is 15.1. The van der Waals surface area contributed by atoms with Crippen LogP contribution >= 0.6 is 0 Å². The highest BCUT2D eigenvalue weighted by atomic mass is 16.5. The van der Waals surface area contributed by atoms with Crippen LogP contribution in [0.1, 0.15) is 5.56 Å². The van der Waals surface area contributed by atoms with E-state index in [0.717, 1.165) is 39.3 Å². The fourth-order valence-corrected chi connectivity index (χ4v) is 3.49. The summed E-state index contributed by atoms with van der Waals surface area (Å²) in [7, 11) is 0. The van der Waals surface area contributed by atoms with E-state index in [4.69, 9.17) is 4.74 Å². The second-order valence-electron chi connectivity index (χ2n) is 7.41. The number of rotatable bonds is 6. The number of imidazole rings is 1. The van der Waals surface area contributed by atoms with E-state index in [1.807, 2.05) is 66.2 Å². The van der Waals surface area contributed by atoms with Crippen molar-refractivity contribution >= 4 is 39.6 Å². The monoisotopic (exact) mass is 436 g/mol. The molecule has 0 aliphatic heterocycles. The molecule has 3 aromatic heterocycles. The van der Waals surface area contributed by atoms with Crippen molar-refractivity contribution < 1.29 is 9.53 Å². The molecule has 0 fully saturated rings. The number of ether oxygens (including phenoxy) is 1. The van der Waals surface area contributed by atoms with E-state index < -0.39 is 0 Å². The molecule has 33 heavy (non-hydrogen) atoms. The fraction of sp³-hybridized carbons (Fsp3) is 0.0400. The number of benzene rings is 2. The summed E-state index contributed by atoms with van der Waals surface area (Å²) in [5.74, 6) is 1.83. The highest BCUT2D eigenvalue weighted by Crippen LogP contribution is 2.30. The van der Waals surface area contributed by atoms with E-state index >= 15 is 0 Å². The third-order valence-corrected chi connectivity index (χ3v) is 5.12. The molecule has 0 unspecified atom stereocenters. The van der Waals surface area contributed by atoms with Gasteiger partial charge in [-0.05, 0) is 67.1 Å². The van der Waals surface area contributed by atoms with E-state index in [1.54, 1.807) is 12.3 Å². The van der Waals surface area contributed by atoms with Crippen LogP contribution in [0.2, 0.25) is 0 Å². The van der Waals surface area contributed by atoms with Crippen LogP contribution in [0.25, 0.3) is 16.6 Å². The first-order valence-corrected chi connectivity index (χ1v) is 10.3. The average Bonchev–Trinajstić information content (AvgIpc) is 3.29. The van der Waals surface area contributed by atoms with Crippen molar-refractivity contribution in [1.29, 1.82) is 0 Å². The smallest absolute Gasteiger partial charge is 0.247 e. The van der Waals surface area contributed by atoms with Gasteiger partial charge in [0.15, 0.2) is 0 Å². The minimum absolute atomic E-state index is 0.279. The zero-order chi connectivity index (χ0) is 22.8. The SMILES string of the molecule is C=CC(=O)Nc1ccc2ncnc(Nc3ccc(Oc4ccc5nccn5c4)c(C)c3)c2c1. The molecule has 5 aromatic rings. The molecule has 3 heterocycles. The standard InChI is InChI=1S/C25H20N6O2/c1-3-24(32)29-18-4-7-21-20(13-18)25(28-15-27-21)30-17-5-8-22(16(2)12-17)33-19-6-9-23-26-10-11-31(23)14-19/h3-15H,1H2,2H3,(H,29,32)(H,27,28,30). The number of pyridine rings is 1. The molecule has 8 nitrogen and oxygen atoms in total. The number of carbonyl (C=O) groups excluding carboxylic acids is 1. The van der Waals surface area contributed by atoms with Gasteiger partial charge in [-0.25, -0.2) is 15.0 Å². The molecule has 162 valence electrons. The van der Waals surface area contributed by atoms with Crippen LogP contribution in [0.15, 0.2) is 86.1 Å². The first kappa shape index (κ1) is 20.2. The van der Waals surface area contributed by atoms with Crippen molar-refractivity contribution in [1.82, 2.24) is 19.4 Å². The predicted octanol–water partition coefficient (Wildman–Crippen LogP) is 5.25. The number of amides is 1. The minimum atomic E-state index is -0.279. The van der Waals surface area contributed by atoms with E-state index in [2.05, 4.69) is 32.2 Å². The predicted molar refractivity (Wildman–Crippen MR) is 128 cm³/mol. The van der Waals surface area contributed by atoms with Crippen molar-refractivity contribution in [2.24, 2.45) is 0 Å². The van der Waals surface area contributed by atoms with Gasteiger partial charge in [0.2, 0.25) is 5.91 Å². The Morgan fingerprint density at radius 2 is 1.94 bits per heavy atom. The summed E-state index contributed by atoms with van der Waals surface area (Å²) < 4.78 is 7.98. The van der Waals surface area contributed by atoms with Gasteiger partial charge >= 0.3 is 0 Å². The number of hydrogen-bond donors (Lipinski definition) is 2. The van der Waals surface area contributed by atoms with E-state index in [9.17, 15) is 4.79 Å². The summed E-state index contributed by atoms with van der Waals surface area (Å²) in [6.07, 6.45) is 8.25. The van der Waals surface area contributed by atoms with Crippen LogP contribution in [-0.4, -0.2) is 25.3 Å². The van der Waals surface area contributed by atoms with Gasteiger partial charge in [-0.1, -0.05) is 6.58 Å². The maximum absolute atomic E-state index is 11.7. The van der Waals surface area contributed by atoms with Crippen molar-refractivity contribution in [2.45, 2.75) is 6.92 Å². The molecule has 5 rings (SSSR count). The second kappa shape index (κ2) is 8.43. The molecule has 0 radical (unpaired) electrons. The third kappa shape index (κ3) is 4.22. The third-order valence-electron chi connectivity index (χ3n) is 5.12. The van der Waals surface area contributed by atoms with Crippen molar-refractivity contribution in [3.8, 4) is 11.5 Å². The van der Waals surface area contributed by atoms with Crippen molar-refractivity contribution in [3.05, 3.63) is 91.7 Å². The summed E-state index contributed by atoms with van der Waals surface area (Å²) in [6.45, 7) is 5.47. The lowest BCUT2D eigenvalue weighted by molar-refractivity contribution is -0.111. The quantitative estimate of drug-likeness (QED) is 0.353. The van der Waals surface area contributed by atoms with Crippen LogP contribution in [0, 0.1) is 6.92 Å². The Morgan fingerprint density at radius 1 is 1.06 bits per heavy atom. The van der Waals surface area contributed by atoms with Gasteiger partial charge in [0.05, 0.1) is 11.7 Å². The molecule has 0 aliphatic carbocycles. The number of aryl methyl sites for hydroxylation is 1. The first-order valence-electron chi connectivity index (χ1n) is 10.3. The molecule has 2 N–H and O–H groups in total. The zero-order valence-electron chi connectivity index (χ0n) is 17.8. The minimum Gasteiger partial charge on any atom is -0.456 e. The van der Waals surface area contributed by atoms with Crippen LogP contribution in [0.3, 0.4) is 0 Å². The largest absolute Gasteiger partial charge is 0.456 e. The number of nitrogens with zero attached hydrogens (tertiary/aromatic N) is 4. The van der Waals surface area contributed by atoms with Crippen LogP contribution in [0.4, 0.5) is 17.2 Å². The maximum atomic E-state index is 11.7. The van der Waals surface area contributed by atoms with Gasteiger partial charge in [0.25, 0.3) is 0 Å². The van der Waals surface area contributed by atoms with Gasteiger partial charge in [-0.2, -0.15) is 0 Å². The molecule has 0 aliphatic rings. The fourth-order valence-electron chi connectivity index (χ4n) is 3.49. The topological polar surface area (TPSA) is 93.4 Å². The maximum Gasteiger partial charge on any atom is 0.247 e. The summed E-state index contributed by atoms with van der Waals surface area (Å²) in [5, 5.41) is 6.89. The van der Waals surface area contributed by atoms with E-state index in [1.165, 1.54) is 12.4 Å². The number of aromatic nitrogens is 4. The second-order valence-corrected chi connectivity index (χ2v) is 7.41. The molecule has 1 amide bonds. The summed E-state index contributed by atoms with van der Waals surface area (Å²) in [4.78, 5) is 24.6. The highest BCUT2D eigenvalue weighted by molar-refractivity contribution is 6.01. The van der Waals surface area contributed by atoms with Gasteiger partial charge in [-0.3, -0.25) is 4.79 Å². The first-order chi connectivity index (χ1) is 16.1. The summed E-state index contributed by atoms with van der Waals surface area (Å²) in [5.41, 5.74) is 4.08. The normalized spacial score (nSPS) is 10.8. The Balaban J connectivity index is 1.40. The van der Waals surface area contributed by atoms with Crippen molar-refractivity contribution in [2.75, 3.05) is 10.6 Å². The van der Waals surface area contributed by atoms with Gasteiger partial charge in [-0.15, -0.1) is 0 Å². The number of carbonyl (C=O) groups is 1. The Hall–Kier alpha value is -4.72. The Labute approximate surface area is 189 Å². The summed E-state index contributed by atoms with van der Waals surface area (Å²) >= 11 is 0. The Kier molecular flexibility index (Phi) is 5.16. The molecular weight excluding hydrogens is 416 g/mol. The number of anilines is 3. The van der Waals surface area contributed by atoms with Crippen LogP contribution in [0.5, 0.6) is 11.5 Å². The number of nitrogens with one attached hydrogen (secondary N) is 2. The highest BCUT2D eigenvalue weighted by Gasteiger charge is 2.09. The molecular formula is C25H20N6O2. The van der Waals surface area contributed by atoms with Crippen LogP contribution < -0.4 is 15.4 Å². The van der Waals surface area contributed by atoms with Crippen molar-refractivity contribution in [3.63, 3.8) is 0 Å². The molecule has 0 bridgehead atoms. The van der Waals surface area contributed by atoms with E-state index in [0.29, 0.717) is 11.5 Å². The van der Waals surface area contributed by atoms with Crippen LogP contribution in [-0.2, 0) is 4.79 Å².